The van der Waals surface area contributed by atoms with Crippen LogP contribution in [0.5, 0.6) is 0 Å². The maximum atomic E-state index is 12.1. The van der Waals surface area contributed by atoms with Crippen molar-refractivity contribution in [2.45, 2.75) is 31.8 Å². The highest BCUT2D eigenvalue weighted by atomic mass is 79.9. The molecule has 1 fully saturated rings. The molecular formula is C15H22BrN3O. The maximum Gasteiger partial charge on any atom is 0.234 e. The van der Waals surface area contributed by atoms with Crippen LogP contribution in [0.2, 0.25) is 0 Å². The van der Waals surface area contributed by atoms with E-state index in [2.05, 4.69) is 26.1 Å². The number of hydrogen-bond acceptors (Lipinski definition) is 3. The molecule has 0 bridgehead atoms. The molecule has 1 aromatic rings. The summed E-state index contributed by atoms with van der Waals surface area (Å²) in [6, 6.07) is 8.25. The molecule has 1 aromatic carbocycles. The Labute approximate surface area is 128 Å². The molecule has 0 saturated carbocycles. The lowest BCUT2D eigenvalue weighted by atomic mass is 10.1. The Morgan fingerprint density at radius 1 is 1.50 bits per heavy atom. The number of likely N-dealkylation sites (tertiary alicyclic amines) is 1. The maximum absolute atomic E-state index is 12.1. The van der Waals surface area contributed by atoms with Crippen molar-refractivity contribution in [1.29, 1.82) is 0 Å². The van der Waals surface area contributed by atoms with Crippen molar-refractivity contribution in [1.82, 2.24) is 10.2 Å². The molecule has 0 spiro atoms. The number of hydrogen-bond donors (Lipinski definition) is 2. The fourth-order valence-electron chi connectivity index (χ4n) is 2.56. The summed E-state index contributed by atoms with van der Waals surface area (Å²) in [6.07, 6.45) is 2.14. The number of rotatable bonds is 4. The Bertz CT molecular complexity index is 449. The van der Waals surface area contributed by atoms with Crippen molar-refractivity contribution in [2.75, 3.05) is 19.6 Å². The van der Waals surface area contributed by atoms with Gasteiger partial charge in [-0.1, -0.05) is 28.1 Å². The van der Waals surface area contributed by atoms with Crippen LogP contribution in [0.15, 0.2) is 28.7 Å². The largest absolute Gasteiger partial charge is 0.348 e. The van der Waals surface area contributed by atoms with Gasteiger partial charge in [-0.15, -0.1) is 0 Å². The van der Waals surface area contributed by atoms with E-state index in [0.29, 0.717) is 6.54 Å². The average molecular weight is 340 g/mol. The highest BCUT2D eigenvalue weighted by Crippen LogP contribution is 2.16. The van der Waals surface area contributed by atoms with Crippen molar-refractivity contribution >= 4 is 21.8 Å². The number of halogens is 1. The SMILES string of the molecule is CC(NC(=O)CN1CCCC(N)C1)c1ccc(Br)cc1. The van der Waals surface area contributed by atoms with Crippen LogP contribution in [-0.4, -0.2) is 36.5 Å². The first-order valence-electron chi connectivity index (χ1n) is 7.07. The van der Waals surface area contributed by atoms with Gasteiger partial charge in [0.25, 0.3) is 0 Å². The summed E-state index contributed by atoms with van der Waals surface area (Å²) < 4.78 is 1.04. The molecule has 5 heteroatoms. The lowest BCUT2D eigenvalue weighted by Crippen LogP contribution is -2.47. The Morgan fingerprint density at radius 2 is 2.20 bits per heavy atom. The van der Waals surface area contributed by atoms with Crippen molar-refractivity contribution in [2.24, 2.45) is 5.73 Å². The molecule has 2 unspecified atom stereocenters. The van der Waals surface area contributed by atoms with E-state index >= 15 is 0 Å². The van der Waals surface area contributed by atoms with Gasteiger partial charge in [0.2, 0.25) is 5.91 Å². The molecule has 110 valence electrons. The lowest BCUT2D eigenvalue weighted by Gasteiger charge is -2.30. The smallest absolute Gasteiger partial charge is 0.234 e. The number of benzene rings is 1. The highest BCUT2D eigenvalue weighted by Gasteiger charge is 2.19. The third kappa shape index (κ3) is 4.58. The second kappa shape index (κ2) is 7.20. The van der Waals surface area contributed by atoms with Gasteiger partial charge in [0, 0.05) is 17.1 Å². The summed E-state index contributed by atoms with van der Waals surface area (Å²) in [6.45, 7) is 4.23. The van der Waals surface area contributed by atoms with Crippen molar-refractivity contribution in [3.05, 3.63) is 34.3 Å². The first-order chi connectivity index (χ1) is 9.54. The van der Waals surface area contributed by atoms with Crippen LogP contribution < -0.4 is 11.1 Å². The van der Waals surface area contributed by atoms with Gasteiger partial charge >= 0.3 is 0 Å². The van der Waals surface area contributed by atoms with Crippen molar-refractivity contribution in [3.8, 4) is 0 Å². The predicted molar refractivity (Wildman–Crippen MR) is 84.3 cm³/mol. The number of carbonyl (C=O) groups is 1. The molecular weight excluding hydrogens is 318 g/mol. The van der Waals surface area contributed by atoms with Crippen LogP contribution >= 0.6 is 15.9 Å². The number of piperidine rings is 1. The van der Waals surface area contributed by atoms with E-state index < -0.39 is 0 Å². The first-order valence-corrected chi connectivity index (χ1v) is 7.86. The number of nitrogens with zero attached hydrogens (tertiary/aromatic N) is 1. The summed E-state index contributed by atoms with van der Waals surface area (Å²) in [7, 11) is 0. The van der Waals surface area contributed by atoms with Crippen LogP contribution in [0.3, 0.4) is 0 Å². The molecule has 1 aliphatic heterocycles. The van der Waals surface area contributed by atoms with Crippen LogP contribution in [0.1, 0.15) is 31.4 Å². The van der Waals surface area contributed by atoms with E-state index in [-0.39, 0.29) is 18.0 Å². The third-order valence-electron chi connectivity index (χ3n) is 3.66. The monoisotopic (exact) mass is 339 g/mol. The minimum absolute atomic E-state index is 0.0223. The third-order valence-corrected chi connectivity index (χ3v) is 4.19. The van der Waals surface area contributed by atoms with Crippen LogP contribution in [0.25, 0.3) is 0 Å². The lowest BCUT2D eigenvalue weighted by molar-refractivity contribution is -0.123. The molecule has 1 saturated heterocycles. The molecule has 1 amide bonds. The van der Waals surface area contributed by atoms with Gasteiger partial charge < -0.3 is 11.1 Å². The topological polar surface area (TPSA) is 58.4 Å². The zero-order valence-electron chi connectivity index (χ0n) is 11.8. The Kier molecular flexibility index (Phi) is 5.57. The second-order valence-electron chi connectivity index (χ2n) is 5.48. The van der Waals surface area contributed by atoms with Gasteiger partial charge in [0.05, 0.1) is 12.6 Å². The summed E-state index contributed by atoms with van der Waals surface area (Å²) in [5.74, 6) is 0.0644. The van der Waals surface area contributed by atoms with Crippen molar-refractivity contribution in [3.63, 3.8) is 0 Å². The van der Waals surface area contributed by atoms with Gasteiger partial charge in [-0.2, -0.15) is 0 Å². The molecule has 1 heterocycles. The van der Waals surface area contributed by atoms with Crippen LogP contribution in [0.4, 0.5) is 0 Å². The summed E-state index contributed by atoms with van der Waals surface area (Å²) in [5.41, 5.74) is 7.04. The molecule has 0 aliphatic carbocycles. The zero-order chi connectivity index (χ0) is 14.5. The molecule has 2 rings (SSSR count). The Balaban J connectivity index is 1.83. The van der Waals surface area contributed by atoms with E-state index in [1.165, 1.54) is 0 Å². The predicted octanol–water partition coefficient (Wildman–Crippen LogP) is 2.05. The molecule has 4 nitrogen and oxygen atoms in total. The fraction of sp³-hybridized carbons (Fsp3) is 0.533. The van der Waals surface area contributed by atoms with Gasteiger partial charge in [0.15, 0.2) is 0 Å². The van der Waals surface area contributed by atoms with E-state index in [4.69, 9.17) is 5.73 Å². The van der Waals surface area contributed by atoms with E-state index in [9.17, 15) is 4.79 Å². The zero-order valence-corrected chi connectivity index (χ0v) is 13.4. The van der Waals surface area contributed by atoms with Gasteiger partial charge in [-0.3, -0.25) is 9.69 Å². The van der Waals surface area contributed by atoms with Gasteiger partial charge in [0.1, 0.15) is 0 Å². The number of nitrogens with one attached hydrogen (secondary N) is 1. The molecule has 20 heavy (non-hydrogen) atoms. The normalized spacial score (nSPS) is 21.4. The fourth-order valence-corrected chi connectivity index (χ4v) is 2.82. The molecule has 0 aromatic heterocycles. The van der Waals surface area contributed by atoms with Crippen LogP contribution in [-0.2, 0) is 4.79 Å². The van der Waals surface area contributed by atoms with Gasteiger partial charge in [-0.05, 0) is 44.0 Å². The Morgan fingerprint density at radius 3 is 2.85 bits per heavy atom. The molecule has 0 radical (unpaired) electrons. The quantitative estimate of drug-likeness (QED) is 0.882. The first kappa shape index (κ1) is 15.5. The van der Waals surface area contributed by atoms with Crippen molar-refractivity contribution < 1.29 is 4.79 Å². The van der Waals surface area contributed by atoms with Crippen LogP contribution in [0, 0.1) is 0 Å². The standard InChI is InChI=1S/C15H22BrN3O/c1-11(12-4-6-13(16)7-5-12)18-15(20)10-19-8-2-3-14(17)9-19/h4-7,11,14H,2-3,8-10,17H2,1H3,(H,18,20). The minimum Gasteiger partial charge on any atom is -0.348 e. The molecule has 3 N–H and O–H groups in total. The highest BCUT2D eigenvalue weighted by molar-refractivity contribution is 9.10. The minimum atomic E-state index is 0.0223. The second-order valence-corrected chi connectivity index (χ2v) is 6.39. The van der Waals surface area contributed by atoms with E-state index in [1.54, 1.807) is 0 Å². The van der Waals surface area contributed by atoms with E-state index in [1.807, 2.05) is 31.2 Å². The Hall–Kier alpha value is -0.910. The number of amides is 1. The van der Waals surface area contributed by atoms with E-state index in [0.717, 1.165) is 36.0 Å². The molecule has 2 atom stereocenters. The average Bonchev–Trinajstić information content (AvgIpc) is 2.39. The number of carbonyl (C=O) groups excluding carboxylic acids is 1. The summed E-state index contributed by atoms with van der Waals surface area (Å²) in [5, 5.41) is 3.04. The van der Waals surface area contributed by atoms with Gasteiger partial charge in [-0.25, -0.2) is 0 Å². The molecule has 1 aliphatic rings. The summed E-state index contributed by atoms with van der Waals surface area (Å²) in [4.78, 5) is 14.2. The number of nitrogens with two attached hydrogens (primary N) is 1. The summed E-state index contributed by atoms with van der Waals surface area (Å²) >= 11 is 3.41.